The molecule has 0 saturated carbocycles. The lowest BCUT2D eigenvalue weighted by atomic mass is 10.0. The molecule has 1 aliphatic carbocycles. The predicted molar refractivity (Wildman–Crippen MR) is 72.1 cm³/mol. The van der Waals surface area contributed by atoms with Crippen molar-refractivity contribution in [3.8, 4) is 0 Å². The van der Waals surface area contributed by atoms with Crippen LogP contribution in [0.15, 0.2) is 35.1 Å². The van der Waals surface area contributed by atoms with E-state index in [4.69, 9.17) is 0 Å². The summed E-state index contributed by atoms with van der Waals surface area (Å²) < 4.78 is 3.44. The number of fused-ring (bicyclic) bond motifs is 1. The van der Waals surface area contributed by atoms with Gasteiger partial charge < -0.3 is 4.57 Å². The highest BCUT2D eigenvalue weighted by Gasteiger charge is 2.14. The van der Waals surface area contributed by atoms with Crippen molar-refractivity contribution in [2.45, 2.75) is 32.2 Å². The van der Waals surface area contributed by atoms with E-state index in [1.165, 1.54) is 36.2 Å². The second-order valence-corrected chi connectivity index (χ2v) is 5.52. The van der Waals surface area contributed by atoms with Crippen LogP contribution < -0.4 is 0 Å². The Labute approximate surface area is 110 Å². The molecule has 1 aromatic heterocycles. The zero-order valence-corrected chi connectivity index (χ0v) is 11.3. The quantitative estimate of drug-likeness (QED) is 0.827. The van der Waals surface area contributed by atoms with E-state index in [0.29, 0.717) is 0 Å². The van der Waals surface area contributed by atoms with Gasteiger partial charge in [-0.05, 0) is 43.4 Å². The van der Waals surface area contributed by atoms with Crippen molar-refractivity contribution in [2.75, 3.05) is 0 Å². The van der Waals surface area contributed by atoms with Crippen molar-refractivity contribution in [3.05, 3.63) is 52.0 Å². The summed E-state index contributed by atoms with van der Waals surface area (Å²) in [6, 6.07) is 8.49. The van der Waals surface area contributed by atoms with Crippen molar-refractivity contribution >= 4 is 15.9 Å². The lowest BCUT2D eigenvalue weighted by Gasteiger charge is -2.14. The molecule has 0 saturated heterocycles. The average molecular weight is 291 g/mol. The number of nitrogens with zero attached hydrogens (tertiary/aromatic N) is 2. The standard InChI is InChI=1S/C14H15BrN2/c15-12-5-3-4-11(8-12)9-17-10-16-13-6-1-2-7-14(13)17/h3-5,8,10H,1-2,6-7,9H2. The molecular weight excluding hydrogens is 276 g/mol. The number of aromatic nitrogens is 2. The van der Waals surface area contributed by atoms with E-state index in [1.54, 1.807) is 0 Å². The number of aryl methyl sites for hydroxylation is 1. The maximum Gasteiger partial charge on any atom is 0.0954 e. The number of imidazole rings is 1. The summed E-state index contributed by atoms with van der Waals surface area (Å²) in [5, 5.41) is 0. The third-order valence-electron chi connectivity index (χ3n) is 3.35. The fraction of sp³-hybridized carbons (Fsp3) is 0.357. The van der Waals surface area contributed by atoms with E-state index in [9.17, 15) is 0 Å². The highest BCUT2D eigenvalue weighted by Crippen LogP contribution is 2.21. The molecule has 0 radical (unpaired) electrons. The largest absolute Gasteiger partial charge is 0.330 e. The molecule has 2 nitrogen and oxygen atoms in total. The van der Waals surface area contributed by atoms with Gasteiger partial charge in [0.2, 0.25) is 0 Å². The van der Waals surface area contributed by atoms with E-state index >= 15 is 0 Å². The van der Waals surface area contributed by atoms with Gasteiger partial charge in [-0.1, -0.05) is 28.1 Å². The number of rotatable bonds is 2. The maximum atomic E-state index is 4.53. The Morgan fingerprint density at radius 3 is 3.00 bits per heavy atom. The molecule has 1 heterocycles. The van der Waals surface area contributed by atoms with Crippen LogP contribution in [0.5, 0.6) is 0 Å². The van der Waals surface area contributed by atoms with Gasteiger partial charge in [0.1, 0.15) is 0 Å². The molecule has 3 heteroatoms. The van der Waals surface area contributed by atoms with Gasteiger partial charge in [0.25, 0.3) is 0 Å². The minimum absolute atomic E-state index is 0.932. The molecule has 0 unspecified atom stereocenters. The summed E-state index contributed by atoms with van der Waals surface area (Å²) in [5.41, 5.74) is 4.08. The molecule has 0 bridgehead atoms. The fourth-order valence-corrected chi connectivity index (χ4v) is 2.95. The van der Waals surface area contributed by atoms with Crippen LogP contribution in [0, 0.1) is 0 Å². The van der Waals surface area contributed by atoms with Gasteiger partial charge in [-0.25, -0.2) is 4.98 Å². The lowest BCUT2D eigenvalue weighted by molar-refractivity contribution is 0.628. The molecule has 1 aromatic carbocycles. The van der Waals surface area contributed by atoms with Gasteiger partial charge in [-0.15, -0.1) is 0 Å². The van der Waals surface area contributed by atoms with Crippen molar-refractivity contribution < 1.29 is 0 Å². The fourth-order valence-electron chi connectivity index (χ4n) is 2.50. The molecule has 2 aromatic rings. The smallest absolute Gasteiger partial charge is 0.0954 e. The summed E-state index contributed by atoms with van der Waals surface area (Å²) in [6.07, 6.45) is 6.93. The molecule has 0 atom stereocenters. The molecule has 1 aliphatic rings. The minimum Gasteiger partial charge on any atom is -0.330 e. The monoisotopic (exact) mass is 290 g/mol. The van der Waals surface area contributed by atoms with Crippen LogP contribution in [0.2, 0.25) is 0 Å². The summed E-state index contributed by atoms with van der Waals surface area (Å²) in [7, 11) is 0. The first-order chi connectivity index (χ1) is 8.33. The zero-order chi connectivity index (χ0) is 11.7. The molecule has 0 fully saturated rings. The third-order valence-corrected chi connectivity index (χ3v) is 3.85. The Bertz CT molecular complexity index is 531. The second-order valence-electron chi connectivity index (χ2n) is 4.60. The average Bonchev–Trinajstić information content (AvgIpc) is 2.73. The first kappa shape index (κ1) is 11.0. The Morgan fingerprint density at radius 1 is 1.24 bits per heavy atom. The molecule has 0 aliphatic heterocycles. The van der Waals surface area contributed by atoms with E-state index in [-0.39, 0.29) is 0 Å². The molecule has 0 N–H and O–H groups in total. The van der Waals surface area contributed by atoms with Gasteiger partial charge in [0, 0.05) is 16.7 Å². The van der Waals surface area contributed by atoms with Gasteiger partial charge in [-0.3, -0.25) is 0 Å². The van der Waals surface area contributed by atoms with Crippen molar-refractivity contribution in [1.82, 2.24) is 9.55 Å². The van der Waals surface area contributed by atoms with Crippen LogP contribution >= 0.6 is 15.9 Å². The Balaban J connectivity index is 1.88. The molecule has 0 amide bonds. The number of halogens is 1. The highest BCUT2D eigenvalue weighted by molar-refractivity contribution is 9.10. The molecule has 88 valence electrons. The van der Waals surface area contributed by atoms with Crippen LogP contribution in [-0.4, -0.2) is 9.55 Å². The third kappa shape index (κ3) is 2.29. The first-order valence-corrected chi connectivity index (χ1v) is 6.89. The topological polar surface area (TPSA) is 17.8 Å². The van der Waals surface area contributed by atoms with Gasteiger partial charge in [0.05, 0.1) is 12.0 Å². The normalized spacial score (nSPS) is 14.6. The van der Waals surface area contributed by atoms with Crippen molar-refractivity contribution in [2.24, 2.45) is 0 Å². The first-order valence-electron chi connectivity index (χ1n) is 6.10. The second kappa shape index (κ2) is 4.65. The molecule has 0 spiro atoms. The summed E-state index contributed by atoms with van der Waals surface area (Å²) in [6.45, 7) is 0.932. The SMILES string of the molecule is Brc1cccc(Cn2cnc3c2CCCC3)c1. The molecule has 17 heavy (non-hydrogen) atoms. The van der Waals surface area contributed by atoms with E-state index in [1.807, 2.05) is 6.33 Å². The molecule has 3 rings (SSSR count). The summed E-state index contributed by atoms with van der Waals surface area (Å²) in [4.78, 5) is 4.53. The van der Waals surface area contributed by atoms with Crippen molar-refractivity contribution in [1.29, 1.82) is 0 Å². The van der Waals surface area contributed by atoms with E-state index < -0.39 is 0 Å². The van der Waals surface area contributed by atoms with Crippen LogP contribution in [0.3, 0.4) is 0 Å². The maximum absolute atomic E-state index is 4.53. The molecular formula is C14H15BrN2. The van der Waals surface area contributed by atoms with Gasteiger partial charge >= 0.3 is 0 Å². The predicted octanol–water partition coefficient (Wildman–Crippen LogP) is 3.57. The minimum atomic E-state index is 0.932. The zero-order valence-electron chi connectivity index (χ0n) is 9.69. The number of hydrogen-bond acceptors (Lipinski definition) is 1. The van der Waals surface area contributed by atoms with E-state index in [0.717, 1.165) is 17.4 Å². The Morgan fingerprint density at radius 2 is 2.12 bits per heavy atom. The highest BCUT2D eigenvalue weighted by atomic mass is 79.9. The lowest BCUT2D eigenvalue weighted by Crippen LogP contribution is -2.08. The van der Waals surface area contributed by atoms with Crippen LogP contribution in [0.25, 0.3) is 0 Å². The van der Waals surface area contributed by atoms with Gasteiger partial charge in [-0.2, -0.15) is 0 Å². The van der Waals surface area contributed by atoms with Crippen LogP contribution in [0.4, 0.5) is 0 Å². The Kier molecular flexibility index (Phi) is 3.02. The van der Waals surface area contributed by atoms with E-state index in [2.05, 4.69) is 49.7 Å². The van der Waals surface area contributed by atoms with Gasteiger partial charge in [0.15, 0.2) is 0 Å². The summed E-state index contributed by atoms with van der Waals surface area (Å²) >= 11 is 3.52. The van der Waals surface area contributed by atoms with Crippen molar-refractivity contribution in [3.63, 3.8) is 0 Å². The summed E-state index contributed by atoms with van der Waals surface area (Å²) in [5.74, 6) is 0. The number of benzene rings is 1. The van der Waals surface area contributed by atoms with Crippen LogP contribution in [-0.2, 0) is 19.4 Å². The number of hydrogen-bond donors (Lipinski definition) is 0. The Hall–Kier alpha value is -1.09. The van der Waals surface area contributed by atoms with Crippen LogP contribution in [0.1, 0.15) is 29.8 Å².